The Morgan fingerprint density at radius 1 is 1.25 bits per heavy atom. The Hall–Kier alpha value is -3.59. The maximum atomic E-state index is 12.4. The van der Waals surface area contributed by atoms with Gasteiger partial charge in [-0.3, -0.25) is 14.9 Å². The average molecular weight is 404 g/mol. The minimum atomic E-state index is -0.712. The van der Waals surface area contributed by atoms with E-state index in [0.29, 0.717) is 22.6 Å². The minimum absolute atomic E-state index is 0.0498. The van der Waals surface area contributed by atoms with E-state index >= 15 is 0 Å². The molecule has 0 saturated heterocycles. The van der Waals surface area contributed by atoms with Crippen LogP contribution in [0, 0.1) is 10.1 Å². The molecule has 28 heavy (non-hydrogen) atoms. The second kappa shape index (κ2) is 7.57. The van der Waals surface area contributed by atoms with Crippen LogP contribution in [0.1, 0.15) is 11.4 Å². The monoisotopic (exact) mass is 403 g/mol. The fourth-order valence-electron chi connectivity index (χ4n) is 2.57. The third-order valence-electron chi connectivity index (χ3n) is 3.93. The molecular formula is C18H14ClN3O6. The second-order valence-corrected chi connectivity index (χ2v) is 6.04. The van der Waals surface area contributed by atoms with Gasteiger partial charge in [0.2, 0.25) is 0 Å². The van der Waals surface area contributed by atoms with Crippen molar-refractivity contribution in [1.29, 1.82) is 0 Å². The molecule has 0 unspecified atom stereocenters. The van der Waals surface area contributed by atoms with Gasteiger partial charge in [-0.2, -0.15) is 0 Å². The standard InChI is InChI=1S/C18H14ClN3O6/c1-27-15-7-10-12(8-16(15)28-2)20-17(21-18(10)24)11(19)5-9-3-4-14(23)13(6-9)22(25)26/h3-8,23H,1-2H3,(H,20,21,24)/b11-5-. The Kier molecular flexibility index (Phi) is 5.18. The summed E-state index contributed by atoms with van der Waals surface area (Å²) in [7, 11) is 2.92. The quantitative estimate of drug-likeness (QED) is 0.494. The molecule has 10 heteroatoms. The summed E-state index contributed by atoms with van der Waals surface area (Å²) < 4.78 is 10.4. The number of hydrogen-bond donors (Lipinski definition) is 2. The van der Waals surface area contributed by atoms with E-state index in [0.717, 1.165) is 6.07 Å². The zero-order valence-corrected chi connectivity index (χ0v) is 15.5. The van der Waals surface area contributed by atoms with E-state index in [1.165, 1.54) is 38.5 Å². The van der Waals surface area contributed by atoms with Crippen molar-refractivity contribution in [3.05, 3.63) is 62.2 Å². The number of fused-ring (bicyclic) bond motifs is 1. The van der Waals surface area contributed by atoms with Gasteiger partial charge >= 0.3 is 5.69 Å². The van der Waals surface area contributed by atoms with Gasteiger partial charge in [0.1, 0.15) is 0 Å². The SMILES string of the molecule is COc1cc2nc(/C(Cl)=C/c3ccc(O)c([N+](=O)[O-])c3)[nH]c(=O)c2cc1OC. The summed E-state index contributed by atoms with van der Waals surface area (Å²) in [6.45, 7) is 0. The Balaban J connectivity index is 2.10. The number of nitrogens with zero attached hydrogens (tertiary/aromatic N) is 2. The number of benzene rings is 2. The zero-order chi connectivity index (χ0) is 20.4. The first-order valence-corrected chi connectivity index (χ1v) is 8.23. The summed E-state index contributed by atoms with van der Waals surface area (Å²) in [6.07, 6.45) is 1.39. The average Bonchev–Trinajstić information content (AvgIpc) is 2.68. The topological polar surface area (TPSA) is 128 Å². The number of methoxy groups -OCH3 is 2. The highest BCUT2D eigenvalue weighted by Crippen LogP contribution is 2.31. The first-order chi connectivity index (χ1) is 13.3. The predicted octanol–water partition coefficient (Wildman–Crippen LogP) is 3.29. The Bertz CT molecular complexity index is 1170. The van der Waals surface area contributed by atoms with Gasteiger partial charge in [-0.05, 0) is 23.8 Å². The number of hydrogen-bond acceptors (Lipinski definition) is 7. The number of nitro groups is 1. The van der Waals surface area contributed by atoms with E-state index in [1.807, 2.05) is 0 Å². The summed E-state index contributed by atoms with van der Waals surface area (Å²) in [5, 5.41) is 20.8. The normalized spacial score (nSPS) is 11.5. The van der Waals surface area contributed by atoms with Crippen molar-refractivity contribution in [3.8, 4) is 17.2 Å². The number of ether oxygens (including phenoxy) is 2. The fraction of sp³-hybridized carbons (Fsp3) is 0.111. The first kappa shape index (κ1) is 19.2. The van der Waals surface area contributed by atoms with Crippen LogP contribution < -0.4 is 15.0 Å². The van der Waals surface area contributed by atoms with Gasteiger partial charge in [0.25, 0.3) is 5.56 Å². The molecule has 144 valence electrons. The van der Waals surface area contributed by atoms with E-state index in [-0.39, 0.29) is 16.2 Å². The van der Waals surface area contributed by atoms with E-state index in [9.17, 15) is 20.0 Å². The lowest BCUT2D eigenvalue weighted by Gasteiger charge is -2.09. The first-order valence-electron chi connectivity index (χ1n) is 7.85. The van der Waals surface area contributed by atoms with Crippen LogP contribution in [0.2, 0.25) is 0 Å². The summed E-state index contributed by atoms with van der Waals surface area (Å²) in [6, 6.07) is 6.83. The van der Waals surface area contributed by atoms with Crippen LogP contribution in [0.4, 0.5) is 5.69 Å². The number of H-pyrrole nitrogens is 1. The van der Waals surface area contributed by atoms with Crippen LogP contribution in [0.15, 0.2) is 35.1 Å². The van der Waals surface area contributed by atoms with Crippen molar-refractivity contribution >= 4 is 39.3 Å². The van der Waals surface area contributed by atoms with Crippen LogP contribution in [-0.2, 0) is 0 Å². The number of nitro benzene ring substituents is 1. The summed E-state index contributed by atoms with van der Waals surface area (Å²) in [4.78, 5) is 29.5. The largest absolute Gasteiger partial charge is 0.502 e. The van der Waals surface area contributed by atoms with Gasteiger partial charge in [0.05, 0.1) is 35.1 Å². The molecule has 0 radical (unpaired) electrons. The highest BCUT2D eigenvalue weighted by molar-refractivity contribution is 6.50. The summed E-state index contributed by atoms with van der Waals surface area (Å²) >= 11 is 6.26. The summed E-state index contributed by atoms with van der Waals surface area (Å²) in [5.41, 5.74) is -0.219. The Morgan fingerprint density at radius 3 is 2.57 bits per heavy atom. The molecule has 0 aliphatic carbocycles. The number of aromatic amines is 1. The molecule has 1 aromatic heterocycles. The van der Waals surface area contributed by atoms with Gasteiger partial charge in [0.15, 0.2) is 23.1 Å². The molecule has 0 spiro atoms. The minimum Gasteiger partial charge on any atom is -0.502 e. The van der Waals surface area contributed by atoms with Crippen molar-refractivity contribution in [2.45, 2.75) is 0 Å². The number of halogens is 1. The molecule has 0 fully saturated rings. The molecule has 3 aromatic rings. The van der Waals surface area contributed by atoms with E-state index in [1.54, 1.807) is 6.07 Å². The molecule has 9 nitrogen and oxygen atoms in total. The van der Waals surface area contributed by atoms with E-state index < -0.39 is 21.9 Å². The smallest absolute Gasteiger partial charge is 0.311 e. The molecule has 0 atom stereocenters. The van der Waals surface area contributed by atoms with Gasteiger partial charge in [0, 0.05) is 12.1 Å². The number of rotatable bonds is 5. The van der Waals surface area contributed by atoms with Gasteiger partial charge in [-0.15, -0.1) is 0 Å². The number of phenolic OH excluding ortho intramolecular Hbond substituents is 1. The number of phenols is 1. The number of aromatic hydroxyl groups is 1. The maximum Gasteiger partial charge on any atom is 0.311 e. The fourth-order valence-corrected chi connectivity index (χ4v) is 2.79. The lowest BCUT2D eigenvalue weighted by atomic mass is 10.1. The Labute approximate surface area is 163 Å². The van der Waals surface area contributed by atoms with E-state index in [4.69, 9.17) is 21.1 Å². The van der Waals surface area contributed by atoms with Gasteiger partial charge in [-0.25, -0.2) is 4.98 Å². The van der Waals surface area contributed by atoms with Crippen molar-refractivity contribution in [2.75, 3.05) is 14.2 Å². The third kappa shape index (κ3) is 3.60. The van der Waals surface area contributed by atoms with Crippen LogP contribution in [0.3, 0.4) is 0 Å². The van der Waals surface area contributed by atoms with Crippen LogP contribution in [0.25, 0.3) is 22.0 Å². The maximum absolute atomic E-state index is 12.4. The lowest BCUT2D eigenvalue weighted by molar-refractivity contribution is -0.385. The van der Waals surface area contributed by atoms with Crippen molar-refractivity contribution < 1.29 is 19.5 Å². The molecule has 2 aromatic carbocycles. The van der Waals surface area contributed by atoms with E-state index in [2.05, 4.69) is 9.97 Å². The third-order valence-corrected chi connectivity index (χ3v) is 4.21. The molecule has 1 heterocycles. The van der Waals surface area contributed by atoms with Crippen molar-refractivity contribution in [2.24, 2.45) is 0 Å². The van der Waals surface area contributed by atoms with Gasteiger partial charge < -0.3 is 19.6 Å². The molecule has 0 aliphatic rings. The number of nitrogens with one attached hydrogen (secondary N) is 1. The highest BCUT2D eigenvalue weighted by atomic mass is 35.5. The second-order valence-electron chi connectivity index (χ2n) is 5.64. The predicted molar refractivity (Wildman–Crippen MR) is 104 cm³/mol. The molecular weight excluding hydrogens is 390 g/mol. The molecule has 2 N–H and O–H groups in total. The van der Waals surface area contributed by atoms with Crippen LogP contribution >= 0.6 is 11.6 Å². The number of aromatic nitrogens is 2. The van der Waals surface area contributed by atoms with Crippen LogP contribution in [-0.4, -0.2) is 34.2 Å². The molecule has 0 saturated carbocycles. The van der Waals surface area contributed by atoms with Crippen molar-refractivity contribution in [1.82, 2.24) is 9.97 Å². The van der Waals surface area contributed by atoms with Crippen LogP contribution in [0.5, 0.6) is 17.2 Å². The van der Waals surface area contributed by atoms with Gasteiger partial charge in [-0.1, -0.05) is 17.7 Å². The zero-order valence-electron chi connectivity index (χ0n) is 14.7. The summed E-state index contributed by atoms with van der Waals surface area (Å²) in [5.74, 6) is 0.389. The van der Waals surface area contributed by atoms with Crippen molar-refractivity contribution in [3.63, 3.8) is 0 Å². The molecule has 0 aliphatic heterocycles. The molecule has 0 bridgehead atoms. The Morgan fingerprint density at radius 2 is 1.93 bits per heavy atom. The molecule has 3 rings (SSSR count). The lowest BCUT2D eigenvalue weighted by Crippen LogP contribution is -2.11. The molecule has 0 amide bonds. The highest BCUT2D eigenvalue weighted by Gasteiger charge is 2.15.